The van der Waals surface area contributed by atoms with Gasteiger partial charge in [-0.15, -0.1) is 11.3 Å². The lowest BCUT2D eigenvalue weighted by Gasteiger charge is -2.04. The van der Waals surface area contributed by atoms with Gasteiger partial charge in [-0.2, -0.15) is 0 Å². The van der Waals surface area contributed by atoms with Crippen LogP contribution in [0.15, 0.2) is 30.5 Å². The monoisotopic (exact) mass is 261 g/mol. The molecule has 4 nitrogen and oxygen atoms in total. The summed E-state index contributed by atoms with van der Waals surface area (Å²) in [5.74, 6) is -0.0200. The number of carbonyl (C=O) groups excluding carboxylic acids is 1. The van der Waals surface area contributed by atoms with Crippen molar-refractivity contribution in [3.8, 4) is 0 Å². The SMILES string of the molecule is Cc1cnc(CNC(=O)Cc2cccc(N)c2)s1. The number of anilines is 1. The zero-order valence-electron chi connectivity index (χ0n) is 10.1. The number of carbonyl (C=O) groups is 1. The molecule has 1 aromatic carbocycles. The Morgan fingerprint density at radius 3 is 3.00 bits per heavy atom. The maximum absolute atomic E-state index is 11.7. The molecule has 0 aliphatic carbocycles. The van der Waals surface area contributed by atoms with Crippen LogP contribution < -0.4 is 11.1 Å². The van der Waals surface area contributed by atoms with Crippen LogP contribution in [0.25, 0.3) is 0 Å². The second kappa shape index (κ2) is 5.64. The largest absolute Gasteiger partial charge is 0.399 e. The van der Waals surface area contributed by atoms with Crippen molar-refractivity contribution in [1.82, 2.24) is 10.3 Å². The molecule has 0 atom stereocenters. The number of nitrogens with two attached hydrogens (primary N) is 1. The van der Waals surface area contributed by atoms with Crippen LogP contribution in [0.3, 0.4) is 0 Å². The number of thiazole rings is 1. The Balaban J connectivity index is 1.85. The molecule has 0 bridgehead atoms. The van der Waals surface area contributed by atoms with E-state index in [2.05, 4.69) is 10.3 Å². The Morgan fingerprint density at radius 1 is 1.50 bits per heavy atom. The third-order valence-electron chi connectivity index (χ3n) is 2.42. The summed E-state index contributed by atoms with van der Waals surface area (Å²) in [6.45, 7) is 2.48. The van der Waals surface area contributed by atoms with Crippen LogP contribution in [-0.2, 0) is 17.8 Å². The van der Waals surface area contributed by atoms with Crippen molar-refractivity contribution in [3.05, 3.63) is 45.9 Å². The van der Waals surface area contributed by atoms with Gasteiger partial charge in [0.05, 0.1) is 13.0 Å². The number of aryl methyl sites for hydroxylation is 1. The molecular formula is C13H15N3OS. The molecule has 18 heavy (non-hydrogen) atoms. The summed E-state index contributed by atoms with van der Waals surface area (Å²) in [4.78, 5) is 17.1. The molecule has 0 saturated heterocycles. The van der Waals surface area contributed by atoms with E-state index < -0.39 is 0 Å². The maximum Gasteiger partial charge on any atom is 0.224 e. The second-order valence-corrected chi connectivity index (χ2v) is 5.38. The molecule has 0 saturated carbocycles. The lowest BCUT2D eigenvalue weighted by Crippen LogP contribution is -2.24. The molecule has 2 aromatic rings. The van der Waals surface area contributed by atoms with E-state index in [1.54, 1.807) is 17.4 Å². The Hall–Kier alpha value is -1.88. The molecule has 2 rings (SSSR count). The zero-order valence-corrected chi connectivity index (χ0v) is 11.0. The van der Waals surface area contributed by atoms with Crippen LogP contribution in [0.1, 0.15) is 15.4 Å². The molecule has 0 aliphatic rings. The zero-order chi connectivity index (χ0) is 13.0. The number of nitrogen functional groups attached to an aromatic ring is 1. The average Bonchev–Trinajstić information content (AvgIpc) is 2.73. The van der Waals surface area contributed by atoms with Crippen LogP contribution >= 0.6 is 11.3 Å². The van der Waals surface area contributed by atoms with E-state index in [-0.39, 0.29) is 5.91 Å². The minimum absolute atomic E-state index is 0.0200. The third-order valence-corrected chi connectivity index (χ3v) is 3.33. The van der Waals surface area contributed by atoms with Crippen molar-refractivity contribution in [2.75, 3.05) is 5.73 Å². The lowest BCUT2D eigenvalue weighted by atomic mass is 10.1. The first-order chi connectivity index (χ1) is 8.63. The fraction of sp³-hybridized carbons (Fsp3) is 0.231. The molecule has 3 N–H and O–H groups in total. The van der Waals surface area contributed by atoms with Crippen LogP contribution in [0.2, 0.25) is 0 Å². The Labute approximate surface area is 110 Å². The minimum Gasteiger partial charge on any atom is -0.399 e. The number of hydrogen-bond acceptors (Lipinski definition) is 4. The molecule has 5 heteroatoms. The van der Waals surface area contributed by atoms with E-state index in [4.69, 9.17) is 5.73 Å². The quantitative estimate of drug-likeness (QED) is 0.826. The summed E-state index contributed by atoms with van der Waals surface area (Å²) in [6, 6.07) is 7.36. The predicted octanol–water partition coefficient (Wildman–Crippen LogP) is 1.89. The first-order valence-corrected chi connectivity index (χ1v) is 6.47. The molecule has 1 heterocycles. The molecule has 1 amide bonds. The minimum atomic E-state index is -0.0200. The highest BCUT2D eigenvalue weighted by atomic mass is 32.1. The highest BCUT2D eigenvalue weighted by Gasteiger charge is 2.05. The van der Waals surface area contributed by atoms with Crippen molar-refractivity contribution in [2.24, 2.45) is 0 Å². The lowest BCUT2D eigenvalue weighted by molar-refractivity contribution is -0.120. The summed E-state index contributed by atoms with van der Waals surface area (Å²) < 4.78 is 0. The van der Waals surface area contributed by atoms with E-state index in [0.717, 1.165) is 15.4 Å². The van der Waals surface area contributed by atoms with E-state index >= 15 is 0 Å². The van der Waals surface area contributed by atoms with Crippen molar-refractivity contribution >= 4 is 22.9 Å². The molecule has 0 fully saturated rings. The van der Waals surface area contributed by atoms with Crippen LogP contribution in [0.4, 0.5) is 5.69 Å². The fourth-order valence-electron chi connectivity index (χ4n) is 1.61. The number of amides is 1. The van der Waals surface area contributed by atoms with Crippen LogP contribution in [0.5, 0.6) is 0 Å². The Morgan fingerprint density at radius 2 is 2.33 bits per heavy atom. The van der Waals surface area contributed by atoms with Crippen molar-refractivity contribution < 1.29 is 4.79 Å². The van der Waals surface area contributed by atoms with Gasteiger partial charge in [0.2, 0.25) is 5.91 Å². The van der Waals surface area contributed by atoms with Gasteiger partial charge in [0, 0.05) is 16.8 Å². The van der Waals surface area contributed by atoms with Gasteiger partial charge in [-0.1, -0.05) is 12.1 Å². The normalized spacial score (nSPS) is 10.3. The summed E-state index contributed by atoms with van der Waals surface area (Å²) >= 11 is 1.59. The van der Waals surface area contributed by atoms with Crippen molar-refractivity contribution in [3.63, 3.8) is 0 Å². The topological polar surface area (TPSA) is 68.0 Å². The van der Waals surface area contributed by atoms with Gasteiger partial charge >= 0.3 is 0 Å². The number of hydrogen-bond donors (Lipinski definition) is 2. The van der Waals surface area contributed by atoms with Crippen LogP contribution in [0, 0.1) is 6.92 Å². The highest BCUT2D eigenvalue weighted by Crippen LogP contribution is 2.11. The fourth-order valence-corrected chi connectivity index (χ4v) is 2.34. The molecule has 1 aromatic heterocycles. The first-order valence-electron chi connectivity index (χ1n) is 5.66. The van der Waals surface area contributed by atoms with Gasteiger partial charge in [-0.05, 0) is 24.6 Å². The van der Waals surface area contributed by atoms with Gasteiger partial charge in [0.25, 0.3) is 0 Å². The standard InChI is InChI=1S/C13H15N3OS/c1-9-7-16-13(18-9)8-15-12(17)6-10-3-2-4-11(14)5-10/h2-5,7H,6,8,14H2,1H3,(H,15,17). The van der Waals surface area contributed by atoms with E-state index in [0.29, 0.717) is 18.7 Å². The smallest absolute Gasteiger partial charge is 0.224 e. The number of rotatable bonds is 4. The summed E-state index contributed by atoms with van der Waals surface area (Å²) in [5, 5.41) is 3.77. The summed E-state index contributed by atoms with van der Waals surface area (Å²) in [7, 11) is 0. The summed E-state index contributed by atoms with van der Waals surface area (Å²) in [6.07, 6.45) is 2.15. The van der Waals surface area contributed by atoms with E-state index in [1.165, 1.54) is 0 Å². The second-order valence-electron chi connectivity index (χ2n) is 4.06. The number of benzene rings is 1. The van der Waals surface area contributed by atoms with Gasteiger partial charge in [0.15, 0.2) is 0 Å². The summed E-state index contributed by atoms with van der Waals surface area (Å²) in [5.41, 5.74) is 7.26. The molecule has 0 spiro atoms. The number of nitrogens with one attached hydrogen (secondary N) is 1. The van der Waals surface area contributed by atoms with Gasteiger partial charge in [-0.25, -0.2) is 4.98 Å². The maximum atomic E-state index is 11.7. The van der Waals surface area contributed by atoms with Gasteiger partial charge < -0.3 is 11.1 Å². The Bertz CT molecular complexity index is 551. The molecule has 0 unspecified atom stereocenters. The van der Waals surface area contributed by atoms with Crippen molar-refractivity contribution in [1.29, 1.82) is 0 Å². The highest BCUT2D eigenvalue weighted by molar-refractivity contribution is 7.11. The number of aromatic nitrogens is 1. The average molecular weight is 261 g/mol. The van der Waals surface area contributed by atoms with Crippen LogP contribution in [-0.4, -0.2) is 10.9 Å². The molecular weight excluding hydrogens is 246 g/mol. The van der Waals surface area contributed by atoms with E-state index in [1.807, 2.05) is 31.3 Å². The first kappa shape index (κ1) is 12.6. The van der Waals surface area contributed by atoms with E-state index in [9.17, 15) is 4.79 Å². The number of nitrogens with zero attached hydrogens (tertiary/aromatic N) is 1. The molecule has 0 radical (unpaired) electrons. The van der Waals surface area contributed by atoms with Crippen molar-refractivity contribution in [2.45, 2.75) is 19.9 Å². The third kappa shape index (κ3) is 3.56. The van der Waals surface area contributed by atoms with Gasteiger partial charge in [0.1, 0.15) is 5.01 Å². The Kier molecular flexibility index (Phi) is 3.94. The molecule has 0 aliphatic heterocycles. The molecule has 94 valence electrons. The van der Waals surface area contributed by atoms with Gasteiger partial charge in [-0.3, -0.25) is 4.79 Å². The predicted molar refractivity (Wildman–Crippen MR) is 73.3 cm³/mol.